The molecular weight excluding hydrogens is 349 g/mol. The third kappa shape index (κ3) is 3.55. The zero-order valence-electron chi connectivity index (χ0n) is 12.7. The van der Waals surface area contributed by atoms with Gasteiger partial charge in [0.2, 0.25) is 5.91 Å². The van der Waals surface area contributed by atoms with Gasteiger partial charge in [0.15, 0.2) is 5.82 Å². The first-order chi connectivity index (χ1) is 11.5. The molecule has 1 amide bonds. The fourth-order valence-corrected chi connectivity index (χ4v) is 2.49. The number of amides is 1. The van der Waals surface area contributed by atoms with Crippen molar-refractivity contribution in [2.24, 2.45) is 0 Å². The lowest BCUT2D eigenvalue weighted by atomic mass is 10.2. The van der Waals surface area contributed by atoms with E-state index in [0.29, 0.717) is 21.6 Å². The van der Waals surface area contributed by atoms with E-state index < -0.39 is 0 Å². The Morgan fingerprint density at radius 2 is 1.92 bits per heavy atom. The Bertz CT molecular complexity index is 876. The summed E-state index contributed by atoms with van der Waals surface area (Å²) in [5, 5.41) is 15.5. The molecule has 0 atom stereocenters. The Hall–Kier alpha value is -2.44. The molecule has 1 N–H and O–H groups in total. The first-order valence-corrected chi connectivity index (χ1v) is 7.87. The zero-order chi connectivity index (χ0) is 17.1. The van der Waals surface area contributed by atoms with Gasteiger partial charge >= 0.3 is 0 Å². The van der Waals surface area contributed by atoms with Gasteiger partial charge < -0.3 is 5.32 Å². The topological polar surface area (TPSA) is 72.7 Å². The Kier molecular flexibility index (Phi) is 4.78. The maximum absolute atomic E-state index is 12.3. The highest BCUT2D eigenvalue weighted by Gasteiger charge is 2.13. The van der Waals surface area contributed by atoms with E-state index in [9.17, 15) is 4.79 Å². The van der Waals surface area contributed by atoms with Gasteiger partial charge in [0.25, 0.3) is 0 Å². The SMILES string of the molecule is Cc1c(Cl)cccc1NC(=O)Cn1nnnc1-c1ccc(Cl)cc1. The Morgan fingerprint density at radius 1 is 1.17 bits per heavy atom. The average Bonchev–Trinajstić information content (AvgIpc) is 3.00. The van der Waals surface area contributed by atoms with Crippen LogP contribution in [0.2, 0.25) is 10.0 Å². The van der Waals surface area contributed by atoms with E-state index in [0.717, 1.165) is 11.1 Å². The number of benzene rings is 2. The van der Waals surface area contributed by atoms with Crippen LogP contribution >= 0.6 is 23.2 Å². The molecule has 24 heavy (non-hydrogen) atoms. The number of anilines is 1. The van der Waals surface area contributed by atoms with Gasteiger partial charge in [-0.2, -0.15) is 0 Å². The molecule has 0 fully saturated rings. The fourth-order valence-electron chi connectivity index (χ4n) is 2.19. The van der Waals surface area contributed by atoms with E-state index in [-0.39, 0.29) is 12.5 Å². The molecule has 0 aliphatic rings. The maximum atomic E-state index is 12.3. The van der Waals surface area contributed by atoms with Crippen LogP contribution in [0.3, 0.4) is 0 Å². The van der Waals surface area contributed by atoms with Gasteiger partial charge in [-0.05, 0) is 59.3 Å². The van der Waals surface area contributed by atoms with E-state index in [4.69, 9.17) is 23.2 Å². The maximum Gasteiger partial charge on any atom is 0.246 e. The molecule has 0 radical (unpaired) electrons. The predicted molar refractivity (Wildman–Crippen MR) is 93.1 cm³/mol. The van der Waals surface area contributed by atoms with Crippen LogP contribution in [0.4, 0.5) is 5.69 Å². The normalized spacial score (nSPS) is 10.6. The second kappa shape index (κ2) is 6.98. The van der Waals surface area contributed by atoms with Crippen molar-refractivity contribution < 1.29 is 4.79 Å². The summed E-state index contributed by atoms with van der Waals surface area (Å²) in [4.78, 5) is 12.3. The average molecular weight is 362 g/mol. The van der Waals surface area contributed by atoms with Crippen molar-refractivity contribution in [1.29, 1.82) is 0 Å². The van der Waals surface area contributed by atoms with Crippen LogP contribution in [-0.4, -0.2) is 26.1 Å². The van der Waals surface area contributed by atoms with E-state index >= 15 is 0 Å². The lowest BCUT2D eigenvalue weighted by Crippen LogP contribution is -2.20. The van der Waals surface area contributed by atoms with Crippen LogP contribution < -0.4 is 5.32 Å². The van der Waals surface area contributed by atoms with Gasteiger partial charge in [-0.1, -0.05) is 29.3 Å². The van der Waals surface area contributed by atoms with E-state index in [1.807, 2.05) is 6.92 Å². The number of nitrogens with zero attached hydrogens (tertiary/aromatic N) is 4. The van der Waals surface area contributed by atoms with Crippen molar-refractivity contribution in [1.82, 2.24) is 20.2 Å². The third-order valence-corrected chi connectivity index (χ3v) is 4.13. The van der Waals surface area contributed by atoms with Gasteiger partial charge in [0.05, 0.1) is 0 Å². The summed E-state index contributed by atoms with van der Waals surface area (Å²) in [6, 6.07) is 12.4. The minimum absolute atomic E-state index is 0.0170. The van der Waals surface area contributed by atoms with Crippen molar-refractivity contribution in [3.63, 3.8) is 0 Å². The van der Waals surface area contributed by atoms with Gasteiger partial charge in [-0.3, -0.25) is 4.79 Å². The van der Waals surface area contributed by atoms with Gasteiger partial charge in [0.1, 0.15) is 6.54 Å². The molecular formula is C16H13Cl2N5O. The zero-order valence-corrected chi connectivity index (χ0v) is 14.2. The van der Waals surface area contributed by atoms with Crippen molar-refractivity contribution >= 4 is 34.8 Å². The number of rotatable bonds is 4. The molecule has 2 aromatic carbocycles. The molecule has 0 unspecified atom stereocenters. The van der Waals surface area contributed by atoms with Crippen LogP contribution in [0.1, 0.15) is 5.56 Å². The number of aromatic nitrogens is 4. The summed E-state index contributed by atoms with van der Waals surface area (Å²) in [5.74, 6) is 0.243. The molecule has 122 valence electrons. The monoisotopic (exact) mass is 361 g/mol. The highest BCUT2D eigenvalue weighted by Crippen LogP contribution is 2.23. The quantitative estimate of drug-likeness (QED) is 0.770. The molecule has 0 spiro atoms. The number of halogens is 2. The number of carbonyl (C=O) groups excluding carboxylic acids is 1. The van der Waals surface area contributed by atoms with Gasteiger partial charge in [0, 0.05) is 21.3 Å². The number of nitrogens with one attached hydrogen (secondary N) is 1. The molecule has 0 saturated heterocycles. The standard InChI is InChI=1S/C16H13Cl2N5O/c1-10-13(18)3-2-4-14(10)19-15(24)9-23-16(20-21-22-23)11-5-7-12(17)8-6-11/h2-8H,9H2,1H3,(H,19,24). The number of hydrogen-bond donors (Lipinski definition) is 1. The Balaban J connectivity index is 1.77. The highest BCUT2D eigenvalue weighted by molar-refractivity contribution is 6.31. The van der Waals surface area contributed by atoms with Crippen LogP contribution in [0.5, 0.6) is 0 Å². The molecule has 0 aliphatic carbocycles. The fraction of sp³-hybridized carbons (Fsp3) is 0.125. The molecule has 0 bridgehead atoms. The first kappa shape index (κ1) is 16.4. The van der Waals surface area contributed by atoms with Crippen LogP contribution in [0.25, 0.3) is 11.4 Å². The van der Waals surface area contributed by atoms with Crippen LogP contribution in [0, 0.1) is 6.92 Å². The van der Waals surface area contributed by atoms with Crippen LogP contribution in [-0.2, 0) is 11.3 Å². The molecule has 3 rings (SSSR count). The predicted octanol–water partition coefficient (Wildman–Crippen LogP) is 3.59. The second-order valence-corrected chi connectivity index (χ2v) is 5.97. The number of carbonyl (C=O) groups is 1. The summed E-state index contributed by atoms with van der Waals surface area (Å²) in [6.45, 7) is 1.82. The van der Waals surface area contributed by atoms with Crippen molar-refractivity contribution in [2.45, 2.75) is 13.5 Å². The number of tetrazole rings is 1. The summed E-state index contributed by atoms with van der Waals surface area (Å²) in [6.07, 6.45) is 0. The van der Waals surface area contributed by atoms with E-state index in [1.165, 1.54) is 4.68 Å². The largest absolute Gasteiger partial charge is 0.324 e. The highest BCUT2D eigenvalue weighted by atomic mass is 35.5. The summed E-state index contributed by atoms with van der Waals surface area (Å²) >= 11 is 11.9. The molecule has 1 aromatic heterocycles. The minimum Gasteiger partial charge on any atom is -0.324 e. The number of hydrogen-bond acceptors (Lipinski definition) is 4. The van der Waals surface area contributed by atoms with Gasteiger partial charge in [-0.25, -0.2) is 4.68 Å². The van der Waals surface area contributed by atoms with Crippen LogP contribution in [0.15, 0.2) is 42.5 Å². The van der Waals surface area contributed by atoms with Gasteiger partial charge in [-0.15, -0.1) is 5.10 Å². The van der Waals surface area contributed by atoms with E-state index in [1.54, 1.807) is 42.5 Å². The molecule has 6 nitrogen and oxygen atoms in total. The summed E-state index contributed by atoms with van der Waals surface area (Å²) in [5.41, 5.74) is 2.24. The summed E-state index contributed by atoms with van der Waals surface area (Å²) < 4.78 is 1.43. The smallest absolute Gasteiger partial charge is 0.246 e. The lowest BCUT2D eigenvalue weighted by Gasteiger charge is -2.10. The Labute approximate surface area is 148 Å². The minimum atomic E-state index is -0.247. The third-order valence-electron chi connectivity index (χ3n) is 3.47. The lowest BCUT2D eigenvalue weighted by molar-refractivity contribution is -0.116. The Morgan fingerprint density at radius 3 is 2.67 bits per heavy atom. The molecule has 1 heterocycles. The first-order valence-electron chi connectivity index (χ1n) is 7.11. The van der Waals surface area contributed by atoms with Crippen molar-refractivity contribution in [3.8, 4) is 11.4 Å². The molecule has 8 heteroatoms. The van der Waals surface area contributed by atoms with E-state index in [2.05, 4.69) is 20.8 Å². The second-order valence-electron chi connectivity index (χ2n) is 5.13. The molecule has 3 aromatic rings. The van der Waals surface area contributed by atoms with Crippen molar-refractivity contribution in [3.05, 3.63) is 58.1 Å². The van der Waals surface area contributed by atoms with Crippen molar-refractivity contribution in [2.75, 3.05) is 5.32 Å². The molecule has 0 aliphatic heterocycles. The molecule has 0 saturated carbocycles. The summed E-state index contributed by atoms with van der Waals surface area (Å²) in [7, 11) is 0.